The molecule has 0 aliphatic heterocycles. The number of ether oxygens (including phenoxy) is 2. The second kappa shape index (κ2) is 8.14. The number of aromatic nitrogens is 2. The summed E-state index contributed by atoms with van der Waals surface area (Å²) in [7, 11) is 3.18. The molecule has 1 heterocycles. The number of methoxy groups -OCH3 is 2. The van der Waals surface area contributed by atoms with Crippen LogP contribution in [-0.4, -0.2) is 42.3 Å². The maximum absolute atomic E-state index is 5.33. The van der Waals surface area contributed by atoms with E-state index < -0.39 is 0 Å². The Balaban J connectivity index is 2.18. The van der Waals surface area contributed by atoms with E-state index in [1.807, 2.05) is 30.4 Å². The van der Waals surface area contributed by atoms with Gasteiger partial charge < -0.3 is 14.0 Å². The number of hydrogen-bond acceptors (Lipinski definition) is 6. The molecular weight excluding hydrogens is 294 g/mol. The van der Waals surface area contributed by atoms with Crippen molar-refractivity contribution in [2.24, 2.45) is 0 Å². The predicted molar refractivity (Wildman–Crippen MR) is 88.5 cm³/mol. The molecule has 0 saturated heterocycles. The minimum absolute atomic E-state index is 0.512. The van der Waals surface area contributed by atoms with Gasteiger partial charge in [-0.3, -0.25) is 4.90 Å². The van der Waals surface area contributed by atoms with Crippen molar-refractivity contribution in [3.05, 3.63) is 49.4 Å². The molecule has 0 aliphatic carbocycles. The lowest BCUT2D eigenvalue weighted by Gasteiger charge is -2.15. The quantitative estimate of drug-likeness (QED) is 0.663. The van der Waals surface area contributed by atoms with Crippen molar-refractivity contribution in [3.8, 4) is 22.9 Å². The van der Waals surface area contributed by atoms with Gasteiger partial charge in [0.25, 0.3) is 0 Å². The van der Waals surface area contributed by atoms with E-state index in [4.69, 9.17) is 14.0 Å². The highest BCUT2D eigenvalue weighted by Crippen LogP contribution is 2.31. The van der Waals surface area contributed by atoms with E-state index in [9.17, 15) is 0 Å². The lowest BCUT2D eigenvalue weighted by molar-refractivity contribution is 0.266. The first kappa shape index (κ1) is 16.8. The summed E-state index contributed by atoms with van der Waals surface area (Å²) in [5.41, 5.74) is 0.802. The van der Waals surface area contributed by atoms with Crippen LogP contribution in [0.3, 0.4) is 0 Å². The summed E-state index contributed by atoms with van der Waals surface area (Å²) in [6.07, 6.45) is 3.66. The third-order valence-corrected chi connectivity index (χ3v) is 3.24. The zero-order valence-electron chi connectivity index (χ0n) is 13.5. The largest absolute Gasteiger partial charge is 0.493 e. The van der Waals surface area contributed by atoms with Crippen molar-refractivity contribution in [1.29, 1.82) is 0 Å². The maximum atomic E-state index is 5.33. The van der Waals surface area contributed by atoms with Crippen LogP contribution in [0.15, 0.2) is 48.0 Å². The summed E-state index contributed by atoms with van der Waals surface area (Å²) in [5.74, 6) is 2.33. The second-order valence-corrected chi connectivity index (χ2v) is 4.85. The number of nitrogens with zero attached hydrogens (tertiary/aromatic N) is 3. The van der Waals surface area contributed by atoms with E-state index in [0.29, 0.717) is 29.8 Å². The Morgan fingerprint density at radius 1 is 1.13 bits per heavy atom. The summed E-state index contributed by atoms with van der Waals surface area (Å²) in [6.45, 7) is 9.47. The number of hydrogen-bond donors (Lipinski definition) is 0. The molecule has 0 saturated carbocycles. The second-order valence-electron chi connectivity index (χ2n) is 4.85. The predicted octanol–water partition coefficient (Wildman–Crippen LogP) is 2.93. The van der Waals surface area contributed by atoms with E-state index in [1.165, 1.54) is 0 Å². The first-order chi connectivity index (χ1) is 11.2. The average Bonchev–Trinajstić information content (AvgIpc) is 3.03. The molecule has 122 valence electrons. The van der Waals surface area contributed by atoms with Crippen LogP contribution in [-0.2, 0) is 6.54 Å². The molecule has 0 bridgehead atoms. The lowest BCUT2D eigenvalue weighted by atomic mass is 10.2. The molecule has 0 spiro atoms. The van der Waals surface area contributed by atoms with Gasteiger partial charge in [-0.05, 0) is 18.2 Å². The van der Waals surface area contributed by atoms with Crippen molar-refractivity contribution < 1.29 is 14.0 Å². The molecule has 0 N–H and O–H groups in total. The minimum Gasteiger partial charge on any atom is -0.493 e. The van der Waals surface area contributed by atoms with Crippen molar-refractivity contribution in [2.45, 2.75) is 6.54 Å². The van der Waals surface area contributed by atoms with Gasteiger partial charge >= 0.3 is 0 Å². The van der Waals surface area contributed by atoms with E-state index >= 15 is 0 Å². The summed E-state index contributed by atoms with van der Waals surface area (Å²) in [6, 6.07) is 5.49. The highest BCUT2D eigenvalue weighted by atomic mass is 16.5. The first-order valence-electron chi connectivity index (χ1n) is 7.21. The SMILES string of the molecule is C=CCN(CC=C)Cc1nc(-c2ccc(OC)c(OC)c2)no1. The molecule has 0 aliphatic rings. The van der Waals surface area contributed by atoms with Crippen molar-refractivity contribution in [3.63, 3.8) is 0 Å². The van der Waals surface area contributed by atoms with Gasteiger partial charge in [0.15, 0.2) is 11.5 Å². The molecule has 0 radical (unpaired) electrons. The monoisotopic (exact) mass is 315 g/mol. The number of rotatable bonds is 9. The summed E-state index contributed by atoms with van der Waals surface area (Å²) >= 11 is 0. The third kappa shape index (κ3) is 4.20. The molecule has 0 unspecified atom stereocenters. The zero-order chi connectivity index (χ0) is 16.7. The van der Waals surface area contributed by atoms with Gasteiger partial charge in [0.1, 0.15) is 0 Å². The smallest absolute Gasteiger partial charge is 0.241 e. The van der Waals surface area contributed by atoms with Gasteiger partial charge in [0.2, 0.25) is 11.7 Å². The molecule has 1 aromatic carbocycles. The molecule has 2 aromatic rings. The third-order valence-electron chi connectivity index (χ3n) is 3.24. The molecule has 1 aromatic heterocycles. The van der Waals surface area contributed by atoms with E-state index in [-0.39, 0.29) is 0 Å². The molecule has 23 heavy (non-hydrogen) atoms. The maximum Gasteiger partial charge on any atom is 0.241 e. The van der Waals surface area contributed by atoms with Crippen molar-refractivity contribution in [2.75, 3.05) is 27.3 Å². The molecular formula is C17H21N3O3. The topological polar surface area (TPSA) is 60.6 Å². The van der Waals surface area contributed by atoms with Gasteiger partial charge in [-0.2, -0.15) is 4.98 Å². The molecule has 6 nitrogen and oxygen atoms in total. The Labute approximate surface area is 136 Å². The molecule has 0 amide bonds. The fraction of sp³-hybridized carbons (Fsp3) is 0.294. The fourth-order valence-corrected chi connectivity index (χ4v) is 2.17. The highest BCUT2D eigenvalue weighted by molar-refractivity contribution is 5.60. The van der Waals surface area contributed by atoms with Crippen LogP contribution < -0.4 is 9.47 Å². The fourth-order valence-electron chi connectivity index (χ4n) is 2.17. The van der Waals surface area contributed by atoms with E-state index in [0.717, 1.165) is 18.7 Å². The first-order valence-corrected chi connectivity index (χ1v) is 7.21. The van der Waals surface area contributed by atoms with Crippen LogP contribution in [0.1, 0.15) is 5.89 Å². The lowest BCUT2D eigenvalue weighted by Crippen LogP contribution is -2.23. The van der Waals surface area contributed by atoms with Gasteiger partial charge in [0.05, 0.1) is 20.8 Å². The van der Waals surface area contributed by atoms with Gasteiger partial charge in [-0.15, -0.1) is 13.2 Å². The highest BCUT2D eigenvalue weighted by Gasteiger charge is 2.13. The molecule has 6 heteroatoms. The Morgan fingerprint density at radius 3 is 2.43 bits per heavy atom. The average molecular weight is 315 g/mol. The van der Waals surface area contributed by atoms with Crippen LogP contribution in [0.5, 0.6) is 11.5 Å². The summed E-state index contributed by atoms with van der Waals surface area (Å²) in [4.78, 5) is 6.52. The summed E-state index contributed by atoms with van der Waals surface area (Å²) in [5, 5.41) is 4.03. The van der Waals surface area contributed by atoms with Crippen LogP contribution in [0.2, 0.25) is 0 Å². The Bertz CT molecular complexity index is 657. The van der Waals surface area contributed by atoms with Gasteiger partial charge in [-0.1, -0.05) is 17.3 Å². The minimum atomic E-state index is 0.512. The number of benzene rings is 1. The van der Waals surface area contributed by atoms with Crippen molar-refractivity contribution >= 4 is 0 Å². The standard InChI is InChI=1S/C17H21N3O3/c1-5-9-20(10-6-2)12-16-18-17(19-23-16)13-7-8-14(21-3)15(11-13)22-4/h5-8,11H,1-2,9-10,12H2,3-4H3. The van der Waals surface area contributed by atoms with E-state index in [2.05, 4.69) is 28.2 Å². The normalized spacial score (nSPS) is 10.6. The van der Waals surface area contributed by atoms with Crippen LogP contribution >= 0.6 is 0 Å². The van der Waals surface area contributed by atoms with Crippen LogP contribution in [0, 0.1) is 0 Å². The van der Waals surface area contributed by atoms with Gasteiger partial charge in [0, 0.05) is 18.7 Å². The van der Waals surface area contributed by atoms with Gasteiger partial charge in [-0.25, -0.2) is 0 Å². The zero-order valence-corrected chi connectivity index (χ0v) is 13.5. The Morgan fingerprint density at radius 2 is 1.83 bits per heavy atom. The summed E-state index contributed by atoms with van der Waals surface area (Å²) < 4.78 is 15.8. The van der Waals surface area contributed by atoms with E-state index in [1.54, 1.807) is 14.2 Å². The molecule has 2 rings (SSSR count). The molecule has 0 fully saturated rings. The Kier molecular flexibility index (Phi) is 5.94. The van der Waals surface area contributed by atoms with Crippen LogP contribution in [0.25, 0.3) is 11.4 Å². The Hall–Kier alpha value is -2.60. The molecule has 0 atom stereocenters. The van der Waals surface area contributed by atoms with Crippen molar-refractivity contribution in [1.82, 2.24) is 15.0 Å². The van der Waals surface area contributed by atoms with Crippen LogP contribution in [0.4, 0.5) is 0 Å².